The van der Waals surface area contributed by atoms with E-state index in [2.05, 4.69) is 24.1 Å². The number of carbonyl (C=O) groups excluding carboxylic acids is 2. The van der Waals surface area contributed by atoms with Gasteiger partial charge in [0.25, 0.3) is 5.91 Å². The Hall–Kier alpha value is -2.16. The first kappa shape index (κ1) is 27.4. The van der Waals surface area contributed by atoms with E-state index in [0.717, 1.165) is 45.6 Å². The third-order valence-corrected chi connectivity index (χ3v) is 7.17. The van der Waals surface area contributed by atoms with Crippen LogP contribution in [0.15, 0.2) is 18.2 Å². The van der Waals surface area contributed by atoms with Crippen molar-refractivity contribution in [3.63, 3.8) is 0 Å². The molecule has 0 radical (unpaired) electrons. The fourth-order valence-corrected chi connectivity index (χ4v) is 4.89. The van der Waals surface area contributed by atoms with Gasteiger partial charge in [0.15, 0.2) is 0 Å². The molecule has 2 aliphatic heterocycles. The van der Waals surface area contributed by atoms with Crippen LogP contribution in [0.1, 0.15) is 56.8 Å². The number of likely N-dealkylation sites (N-methyl/N-ethyl adjacent to an activating group) is 1. The lowest BCUT2D eigenvalue weighted by Crippen LogP contribution is -2.48. The number of hydrogen-bond acceptors (Lipinski definition) is 6. The first-order valence-electron chi connectivity index (χ1n) is 13.0. The Bertz CT molecular complexity index is 842. The molecule has 0 aliphatic carbocycles. The van der Waals surface area contributed by atoms with E-state index in [1.807, 2.05) is 6.92 Å². The molecule has 2 aliphatic rings. The monoisotopic (exact) mass is 489 g/mol. The standard InChI is InChI=1S/C27H43N3O5/c1-6-7-26(31)28-22-8-9-24-23(14-22)27(32)29(4)17-25(33-5)19(2)15-30(20(3)18-35-24)16-21-10-12-34-13-11-21/h8-9,14,19-21,25H,6-7,10-13,15-18H2,1-5H3,(H,28,31)/t19-,20+,25-/m0/s1. The van der Waals surface area contributed by atoms with Gasteiger partial charge in [0.05, 0.1) is 11.7 Å². The highest BCUT2D eigenvalue weighted by Gasteiger charge is 2.30. The molecule has 0 spiro atoms. The zero-order valence-electron chi connectivity index (χ0n) is 22.0. The summed E-state index contributed by atoms with van der Waals surface area (Å²) in [6.07, 6.45) is 3.28. The average Bonchev–Trinajstić information content (AvgIpc) is 2.85. The number of rotatable bonds is 6. The summed E-state index contributed by atoms with van der Waals surface area (Å²) < 4.78 is 17.7. The lowest BCUT2D eigenvalue weighted by molar-refractivity contribution is -0.116. The van der Waals surface area contributed by atoms with Crippen LogP contribution >= 0.6 is 0 Å². The molecule has 8 heteroatoms. The quantitative estimate of drug-likeness (QED) is 0.657. The van der Waals surface area contributed by atoms with E-state index in [9.17, 15) is 9.59 Å². The molecule has 1 N–H and O–H groups in total. The molecule has 3 atom stereocenters. The summed E-state index contributed by atoms with van der Waals surface area (Å²) >= 11 is 0. The third kappa shape index (κ3) is 7.66. The number of amides is 2. The van der Waals surface area contributed by atoms with Crippen molar-refractivity contribution in [1.82, 2.24) is 9.80 Å². The minimum atomic E-state index is -0.145. The normalized spacial score (nSPS) is 25.2. The number of benzene rings is 1. The van der Waals surface area contributed by atoms with E-state index in [-0.39, 0.29) is 29.9 Å². The Morgan fingerprint density at radius 1 is 1.20 bits per heavy atom. The number of methoxy groups -OCH3 is 1. The second-order valence-corrected chi connectivity index (χ2v) is 10.1. The van der Waals surface area contributed by atoms with Gasteiger partial charge in [-0.25, -0.2) is 0 Å². The second kappa shape index (κ2) is 13.2. The molecule has 2 heterocycles. The van der Waals surface area contributed by atoms with E-state index < -0.39 is 0 Å². The van der Waals surface area contributed by atoms with E-state index in [1.54, 1.807) is 37.3 Å². The van der Waals surface area contributed by atoms with Crippen molar-refractivity contribution in [3.05, 3.63) is 23.8 Å². The lowest BCUT2D eigenvalue weighted by Gasteiger charge is -2.38. The third-order valence-electron chi connectivity index (χ3n) is 7.17. The fraction of sp³-hybridized carbons (Fsp3) is 0.704. The number of ether oxygens (including phenoxy) is 3. The van der Waals surface area contributed by atoms with Gasteiger partial charge in [-0.05, 0) is 56.2 Å². The van der Waals surface area contributed by atoms with Crippen LogP contribution < -0.4 is 10.1 Å². The zero-order valence-corrected chi connectivity index (χ0v) is 22.0. The molecule has 3 rings (SSSR count). The van der Waals surface area contributed by atoms with Gasteiger partial charge in [0.1, 0.15) is 12.4 Å². The molecule has 0 bridgehead atoms. The van der Waals surface area contributed by atoms with Gasteiger partial charge in [0.2, 0.25) is 5.91 Å². The van der Waals surface area contributed by atoms with E-state index >= 15 is 0 Å². The topological polar surface area (TPSA) is 80.3 Å². The summed E-state index contributed by atoms with van der Waals surface area (Å²) in [7, 11) is 3.51. The SMILES string of the molecule is CCCC(=O)Nc1ccc2c(c1)C(=O)N(C)C[C@H](OC)[C@@H](C)CN(CC1CCOCC1)[C@H](C)CO2. The first-order chi connectivity index (χ1) is 16.8. The fourth-order valence-electron chi connectivity index (χ4n) is 4.89. The molecular formula is C27H43N3O5. The maximum absolute atomic E-state index is 13.4. The highest BCUT2D eigenvalue weighted by Crippen LogP contribution is 2.27. The minimum Gasteiger partial charge on any atom is -0.491 e. The zero-order chi connectivity index (χ0) is 25.4. The molecule has 1 fully saturated rings. The van der Waals surface area contributed by atoms with E-state index in [4.69, 9.17) is 14.2 Å². The van der Waals surface area contributed by atoms with Gasteiger partial charge in [-0.15, -0.1) is 0 Å². The van der Waals surface area contributed by atoms with Crippen LogP contribution in [-0.4, -0.2) is 87.4 Å². The van der Waals surface area contributed by atoms with Gasteiger partial charge in [0, 0.05) is 65.2 Å². The summed E-state index contributed by atoms with van der Waals surface area (Å²) in [5, 5.41) is 2.89. The lowest BCUT2D eigenvalue weighted by atomic mass is 9.96. The molecule has 1 aromatic rings. The molecule has 1 aromatic carbocycles. The maximum Gasteiger partial charge on any atom is 0.257 e. The molecule has 35 heavy (non-hydrogen) atoms. The number of hydrogen-bond donors (Lipinski definition) is 1. The Balaban J connectivity index is 1.87. The molecule has 0 saturated carbocycles. The molecule has 196 valence electrons. The minimum absolute atomic E-state index is 0.0621. The average molecular weight is 490 g/mol. The van der Waals surface area contributed by atoms with Crippen LogP contribution in [-0.2, 0) is 14.3 Å². The highest BCUT2D eigenvalue weighted by molar-refractivity contribution is 5.99. The van der Waals surface area contributed by atoms with Crippen molar-refractivity contribution in [2.75, 3.05) is 58.9 Å². The number of carbonyl (C=O) groups is 2. The molecule has 2 amide bonds. The van der Waals surface area contributed by atoms with Crippen LogP contribution in [0.3, 0.4) is 0 Å². The van der Waals surface area contributed by atoms with Gasteiger partial charge in [-0.3, -0.25) is 14.5 Å². The molecule has 0 aromatic heterocycles. The van der Waals surface area contributed by atoms with E-state index in [1.165, 1.54) is 0 Å². The first-order valence-corrected chi connectivity index (χ1v) is 13.0. The van der Waals surface area contributed by atoms with Crippen molar-refractivity contribution in [2.45, 2.75) is 58.6 Å². The summed E-state index contributed by atoms with van der Waals surface area (Å²) in [4.78, 5) is 29.8. The van der Waals surface area contributed by atoms with Crippen molar-refractivity contribution in [2.24, 2.45) is 11.8 Å². The molecule has 8 nitrogen and oxygen atoms in total. The summed E-state index contributed by atoms with van der Waals surface area (Å²) in [5.74, 6) is 1.17. The Kier molecular flexibility index (Phi) is 10.4. The number of fused-ring (bicyclic) bond motifs is 1. The van der Waals surface area contributed by atoms with Crippen LogP contribution in [0.5, 0.6) is 5.75 Å². The van der Waals surface area contributed by atoms with Crippen LogP contribution in [0, 0.1) is 11.8 Å². The van der Waals surface area contributed by atoms with Gasteiger partial charge in [-0.2, -0.15) is 0 Å². The maximum atomic E-state index is 13.4. The Morgan fingerprint density at radius 3 is 2.63 bits per heavy atom. The highest BCUT2D eigenvalue weighted by atomic mass is 16.5. The molecular weight excluding hydrogens is 446 g/mol. The smallest absolute Gasteiger partial charge is 0.257 e. The summed E-state index contributed by atoms with van der Waals surface area (Å²) in [5.41, 5.74) is 1.05. The second-order valence-electron chi connectivity index (χ2n) is 10.1. The summed E-state index contributed by atoms with van der Waals surface area (Å²) in [6, 6.07) is 5.49. The van der Waals surface area contributed by atoms with Crippen LogP contribution in [0.2, 0.25) is 0 Å². The van der Waals surface area contributed by atoms with Crippen molar-refractivity contribution < 1.29 is 23.8 Å². The largest absolute Gasteiger partial charge is 0.491 e. The summed E-state index contributed by atoms with van der Waals surface area (Å²) in [6.45, 7) is 10.8. The van der Waals surface area contributed by atoms with Crippen molar-refractivity contribution in [1.29, 1.82) is 0 Å². The van der Waals surface area contributed by atoms with Gasteiger partial charge in [-0.1, -0.05) is 13.8 Å². The molecule has 1 saturated heterocycles. The van der Waals surface area contributed by atoms with Crippen molar-refractivity contribution in [3.8, 4) is 5.75 Å². The number of nitrogens with one attached hydrogen (secondary N) is 1. The number of nitrogens with zero attached hydrogens (tertiary/aromatic N) is 2. The predicted molar refractivity (Wildman–Crippen MR) is 137 cm³/mol. The van der Waals surface area contributed by atoms with E-state index in [0.29, 0.717) is 42.5 Å². The van der Waals surface area contributed by atoms with Crippen LogP contribution in [0.25, 0.3) is 0 Å². The van der Waals surface area contributed by atoms with Gasteiger partial charge < -0.3 is 24.4 Å². The Morgan fingerprint density at radius 2 is 1.94 bits per heavy atom. The van der Waals surface area contributed by atoms with Gasteiger partial charge >= 0.3 is 0 Å². The van der Waals surface area contributed by atoms with Crippen molar-refractivity contribution >= 4 is 17.5 Å². The Labute approximate surface area is 210 Å². The predicted octanol–water partition coefficient (Wildman–Crippen LogP) is 3.66. The van der Waals surface area contributed by atoms with Crippen LogP contribution in [0.4, 0.5) is 5.69 Å². The number of anilines is 1. The molecule has 0 unspecified atom stereocenters.